The van der Waals surface area contributed by atoms with Crippen LogP contribution in [0.1, 0.15) is 22.6 Å². The molecule has 3 aromatic heterocycles. The molecule has 4 N–H and O–H groups in total. The minimum atomic E-state index is -0.623. The summed E-state index contributed by atoms with van der Waals surface area (Å²) < 4.78 is 20.9. The molecule has 0 aliphatic carbocycles. The average Bonchev–Trinajstić information content (AvgIpc) is 3.31. The van der Waals surface area contributed by atoms with E-state index in [4.69, 9.17) is 16.2 Å². The fourth-order valence-electron chi connectivity index (χ4n) is 4.18. The monoisotopic (exact) mass is 525 g/mol. The molecule has 2 aromatic carbocycles. The summed E-state index contributed by atoms with van der Waals surface area (Å²) in [6.07, 6.45) is 3.50. The summed E-state index contributed by atoms with van der Waals surface area (Å²) in [7, 11) is 1.88. The van der Waals surface area contributed by atoms with Gasteiger partial charge in [0.25, 0.3) is 5.91 Å². The van der Waals surface area contributed by atoms with Gasteiger partial charge in [-0.1, -0.05) is 6.07 Å². The van der Waals surface area contributed by atoms with Gasteiger partial charge in [-0.2, -0.15) is 0 Å². The number of halogens is 1. The van der Waals surface area contributed by atoms with Crippen LogP contribution < -0.4 is 16.2 Å². The Morgan fingerprint density at radius 1 is 1.00 bits per heavy atom. The van der Waals surface area contributed by atoms with E-state index in [0.29, 0.717) is 34.0 Å². The second-order valence-corrected chi connectivity index (χ2v) is 8.85. The lowest BCUT2D eigenvalue weighted by Crippen LogP contribution is -2.20. The maximum atomic E-state index is 13.6. The summed E-state index contributed by atoms with van der Waals surface area (Å²) in [5, 5.41) is 0. The third-order valence-electron chi connectivity index (χ3n) is 6.11. The van der Waals surface area contributed by atoms with Crippen LogP contribution in [0.25, 0.3) is 33.5 Å². The fourth-order valence-corrected chi connectivity index (χ4v) is 4.18. The summed E-state index contributed by atoms with van der Waals surface area (Å²) in [5.74, 6) is -1.05. The second kappa shape index (κ2) is 10.7. The van der Waals surface area contributed by atoms with Gasteiger partial charge in [0.2, 0.25) is 0 Å². The Morgan fingerprint density at radius 2 is 1.74 bits per heavy atom. The zero-order chi connectivity index (χ0) is 27.5. The van der Waals surface area contributed by atoms with Crippen molar-refractivity contribution in [3.63, 3.8) is 0 Å². The molecule has 10 nitrogen and oxygen atoms in total. The first kappa shape index (κ1) is 25.5. The Kier molecular flexibility index (Phi) is 6.96. The van der Waals surface area contributed by atoms with Crippen molar-refractivity contribution in [2.24, 2.45) is 12.8 Å². The van der Waals surface area contributed by atoms with E-state index >= 15 is 0 Å². The third kappa shape index (κ3) is 5.42. The van der Waals surface area contributed by atoms with Crippen molar-refractivity contribution in [3.05, 3.63) is 84.3 Å². The molecule has 3 heterocycles. The topological polar surface area (TPSA) is 152 Å². The van der Waals surface area contributed by atoms with Crippen LogP contribution in [-0.2, 0) is 18.3 Å². The number of nitrogens with two attached hydrogens (primary N) is 2. The molecule has 39 heavy (non-hydrogen) atoms. The first-order valence-corrected chi connectivity index (χ1v) is 12.0. The normalized spacial score (nSPS) is 11.0. The fraction of sp³-hybridized carbons (Fsp3) is 0.143. The molecule has 196 valence electrons. The molecular formula is C28H24FN7O3. The van der Waals surface area contributed by atoms with Crippen molar-refractivity contribution in [1.29, 1.82) is 0 Å². The number of hydrogen-bond acceptors (Lipinski definition) is 8. The van der Waals surface area contributed by atoms with E-state index in [9.17, 15) is 14.0 Å². The zero-order valence-electron chi connectivity index (χ0n) is 21.0. The summed E-state index contributed by atoms with van der Waals surface area (Å²) in [6, 6.07) is 14.7. The number of hydrogen-bond donors (Lipinski definition) is 2. The molecule has 11 heteroatoms. The van der Waals surface area contributed by atoms with E-state index in [1.807, 2.05) is 29.8 Å². The number of imidazole rings is 1. The molecule has 5 rings (SSSR count). The maximum Gasteiger partial charge on any atom is 0.255 e. The van der Waals surface area contributed by atoms with Gasteiger partial charge < -0.3 is 20.8 Å². The standard InChI is InChI=1S/C28H24FN7O3/c1-36-15-33-19-9-6-17(13-21(19)36)26-25(16-4-7-18(29)8-5-16)35-28(31)27(34-26)22(37)11-10-20-23(3-2-12-32-20)39-14-24(30)38/h2-9,12-13,15H,10-11,14H2,1H3,(H2,30,38)(H2,31,35). The molecule has 5 aromatic rings. The second-order valence-electron chi connectivity index (χ2n) is 8.85. The number of Topliss-reactive ketones (excluding diaryl/α,β-unsaturated/α-hetero) is 1. The number of carbonyl (C=O) groups excluding carboxylic acids is 2. The van der Waals surface area contributed by atoms with Crippen molar-refractivity contribution in [2.45, 2.75) is 12.8 Å². The van der Waals surface area contributed by atoms with Crippen LogP contribution in [0.2, 0.25) is 0 Å². The summed E-state index contributed by atoms with van der Waals surface area (Å²) in [5.41, 5.74) is 15.7. The molecule has 0 spiro atoms. The van der Waals surface area contributed by atoms with E-state index in [0.717, 1.165) is 11.0 Å². The highest BCUT2D eigenvalue weighted by Gasteiger charge is 2.21. The zero-order valence-corrected chi connectivity index (χ0v) is 21.0. The van der Waals surface area contributed by atoms with Crippen LogP contribution in [0, 0.1) is 5.82 Å². The van der Waals surface area contributed by atoms with Crippen molar-refractivity contribution in [2.75, 3.05) is 12.3 Å². The van der Waals surface area contributed by atoms with Gasteiger partial charge in [-0.15, -0.1) is 0 Å². The maximum absolute atomic E-state index is 13.6. The van der Waals surface area contributed by atoms with Gasteiger partial charge in [-0.05, 0) is 48.5 Å². The Labute approximate surface area is 222 Å². The number of carbonyl (C=O) groups is 2. The molecule has 0 aliphatic heterocycles. The van der Waals surface area contributed by atoms with E-state index in [2.05, 4.69) is 19.9 Å². The molecule has 0 fully saturated rings. The van der Waals surface area contributed by atoms with E-state index in [1.165, 1.54) is 12.1 Å². The number of amides is 1. The first-order valence-electron chi connectivity index (χ1n) is 12.0. The van der Waals surface area contributed by atoms with Gasteiger partial charge in [0.05, 0.1) is 34.4 Å². The summed E-state index contributed by atoms with van der Waals surface area (Å²) in [6.45, 7) is -0.305. The minimum absolute atomic E-state index is 0.0106. The van der Waals surface area contributed by atoms with E-state index in [-0.39, 0.29) is 36.7 Å². The van der Waals surface area contributed by atoms with Crippen LogP contribution in [0.15, 0.2) is 67.1 Å². The van der Waals surface area contributed by atoms with E-state index < -0.39 is 11.7 Å². The number of nitrogens with zero attached hydrogens (tertiary/aromatic N) is 5. The Hall–Kier alpha value is -5.19. The summed E-state index contributed by atoms with van der Waals surface area (Å²) >= 11 is 0. The van der Waals surface area contributed by atoms with Crippen LogP contribution >= 0.6 is 0 Å². The highest BCUT2D eigenvalue weighted by Crippen LogP contribution is 2.33. The first-order chi connectivity index (χ1) is 18.8. The SMILES string of the molecule is Cn1cnc2ccc(-c3nc(C(=O)CCc4ncccc4OCC(N)=O)c(N)nc3-c3ccc(F)cc3)cc21. The molecule has 1 amide bonds. The lowest BCUT2D eigenvalue weighted by atomic mass is 10.0. The summed E-state index contributed by atoms with van der Waals surface area (Å²) in [4.78, 5) is 42.3. The van der Waals surface area contributed by atoms with Gasteiger partial charge in [0.1, 0.15) is 17.3 Å². The smallest absolute Gasteiger partial charge is 0.255 e. The molecule has 0 aliphatic rings. The van der Waals surface area contributed by atoms with Crippen molar-refractivity contribution in [3.8, 4) is 28.3 Å². The molecule has 0 bridgehead atoms. The van der Waals surface area contributed by atoms with Crippen molar-refractivity contribution < 1.29 is 18.7 Å². The van der Waals surface area contributed by atoms with Crippen LogP contribution in [0.4, 0.5) is 10.2 Å². The highest BCUT2D eigenvalue weighted by molar-refractivity contribution is 6.00. The van der Waals surface area contributed by atoms with Crippen molar-refractivity contribution >= 4 is 28.5 Å². The number of aromatic nitrogens is 5. The largest absolute Gasteiger partial charge is 0.482 e. The molecule has 0 unspecified atom stereocenters. The number of aryl methyl sites for hydroxylation is 2. The van der Waals surface area contributed by atoms with Gasteiger partial charge in [0, 0.05) is 37.2 Å². The molecule has 0 saturated carbocycles. The number of ether oxygens (including phenoxy) is 1. The molecule has 0 radical (unpaired) electrons. The predicted octanol–water partition coefficient (Wildman–Crippen LogP) is 3.49. The molecular weight excluding hydrogens is 501 g/mol. The predicted molar refractivity (Wildman–Crippen MR) is 143 cm³/mol. The molecule has 0 atom stereocenters. The van der Waals surface area contributed by atoms with Gasteiger partial charge in [-0.25, -0.2) is 19.3 Å². The average molecular weight is 526 g/mol. The van der Waals surface area contributed by atoms with Gasteiger partial charge in [0.15, 0.2) is 18.2 Å². The van der Waals surface area contributed by atoms with Gasteiger partial charge >= 0.3 is 0 Å². The van der Waals surface area contributed by atoms with Crippen molar-refractivity contribution in [1.82, 2.24) is 24.5 Å². The quantitative estimate of drug-likeness (QED) is 0.278. The highest BCUT2D eigenvalue weighted by atomic mass is 19.1. The lowest BCUT2D eigenvalue weighted by molar-refractivity contribution is -0.119. The number of pyridine rings is 1. The van der Waals surface area contributed by atoms with Crippen LogP contribution in [0.5, 0.6) is 5.75 Å². The van der Waals surface area contributed by atoms with Gasteiger partial charge in [-0.3, -0.25) is 14.6 Å². The Bertz CT molecular complexity index is 1700. The number of primary amides is 1. The third-order valence-corrected chi connectivity index (χ3v) is 6.11. The Balaban J connectivity index is 1.52. The number of benzene rings is 2. The number of nitrogen functional groups attached to an aromatic ring is 1. The number of rotatable bonds is 9. The number of ketones is 1. The Morgan fingerprint density at radius 3 is 2.51 bits per heavy atom. The van der Waals surface area contributed by atoms with E-state index in [1.54, 1.807) is 36.8 Å². The number of anilines is 1. The molecule has 0 saturated heterocycles. The number of fused-ring (bicyclic) bond motifs is 1. The van der Waals surface area contributed by atoms with Crippen LogP contribution in [-0.4, -0.2) is 42.8 Å². The minimum Gasteiger partial charge on any atom is -0.482 e. The van der Waals surface area contributed by atoms with Crippen LogP contribution in [0.3, 0.4) is 0 Å². The lowest BCUT2D eigenvalue weighted by Gasteiger charge is -2.13.